The fraction of sp³-hybridized carbons (Fsp3) is 0.478. The van der Waals surface area contributed by atoms with E-state index in [-0.39, 0.29) is 17.9 Å². The van der Waals surface area contributed by atoms with E-state index >= 15 is 0 Å². The molecule has 1 atom stereocenters. The number of hydrogen-bond donors (Lipinski definition) is 1. The smallest absolute Gasteiger partial charge is 0.135 e. The van der Waals surface area contributed by atoms with E-state index in [2.05, 4.69) is 80.0 Å². The molecule has 2 nitrogen and oxygen atoms in total. The highest BCUT2D eigenvalue weighted by Gasteiger charge is 2.50. The molecule has 0 radical (unpaired) electrons. The molecule has 2 aromatic rings. The minimum Gasteiger partial charge on any atom is -0.367 e. The van der Waals surface area contributed by atoms with E-state index in [1.165, 1.54) is 36.8 Å². The lowest BCUT2D eigenvalue weighted by Crippen LogP contribution is -2.59. The number of benzene rings is 2. The van der Waals surface area contributed by atoms with Crippen LogP contribution in [0, 0.1) is 5.92 Å². The number of ether oxygens (including phenoxy) is 1. The number of likely N-dealkylation sites (N-methyl/N-ethyl adjacent to an activating group) is 1. The van der Waals surface area contributed by atoms with Gasteiger partial charge < -0.3 is 10.1 Å². The molecular weight excluding hydrogens is 342 g/mol. The van der Waals surface area contributed by atoms with Crippen LogP contribution in [0.5, 0.6) is 0 Å². The topological polar surface area (TPSA) is 21.3 Å². The molecule has 3 rings (SSSR count). The lowest BCUT2D eigenvalue weighted by molar-refractivity contribution is -0.0574. The maximum atomic E-state index is 6.39. The van der Waals surface area contributed by atoms with Crippen LogP contribution in [-0.4, -0.2) is 19.7 Å². The van der Waals surface area contributed by atoms with E-state index in [0.29, 0.717) is 0 Å². The third-order valence-corrected chi connectivity index (χ3v) is 6.27. The average Bonchev–Trinajstić information content (AvgIpc) is 2.63. The summed E-state index contributed by atoms with van der Waals surface area (Å²) in [6, 6.07) is 21.3. The van der Waals surface area contributed by atoms with E-state index in [1.54, 1.807) is 0 Å². The van der Waals surface area contributed by atoms with E-state index in [9.17, 15) is 0 Å². The van der Waals surface area contributed by atoms with Gasteiger partial charge in [-0.3, -0.25) is 0 Å². The van der Waals surface area contributed by atoms with Crippen molar-refractivity contribution in [3.8, 4) is 0 Å². The Balaban J connectivity index is 0.00000243. The second-order valence-electron chi connectivity index (χ2n) is 7.54. The van der Waals surface area contributed by atoms with Crippen molar-refractivity contribution >= 4 is 12.4 Å². The average molecular weight is 374 g/mol. The summed E-state index contributed by atoms with van der Waals surface area (Å²) in [5.74, 6) is 0.883. The molecule has 0 amide bonds. The van der Waals surface area contributed by atoms with Gasteiger partial charge in [-0.15, -0.1) is 12.4 Å². The first kappa shape index (κ1) is 21.0. The Morgan fingerprint density at radius 1 is 0.962 bits per heavy atom. The van der Waals surface area contributed by atoms with Gasteiger partial charge in [-0.25, -0.2) is 0 Å². The van der Waals surface area contributed by atoms with Crippen molar-refractivity contribution in [3.63, 3.8) is 0 Å². The van der Waals surface area contributed by atoms with E-state index in [4.69, 9.17) is 4.74 Å². The molecule has 142 valence electrons. The molecule has 0 heterocycles. The largest absolute Gasteiger partial charge is 0.367 e. The zero-order valence-corrected chi connectivity index (χ0v) is 17.0. The molecule has 1 aliphatic rings. The van der Waals surface area contributed by atoms with Crippen LogP contribution < -0.4 is 5.32 Å². The highest BCUT2D eigenvalue weighted by molar-refractivity contribution is 5.85. The summed E-state index contributed by atoms with van der Waals surface area (Å²) >= 11 is 0. The molecular formula is C23H32ClNO. The summed E-state index contributed by atoms with van der Waals surface area (Å²) in [6.45, 7) is 2.31. The Labute approximate surface area is 164 Å². The summed E-state index contributed by atoms with van der Waals surface area (Å²) in [5.41, 5.74) is 1.69. The second kappa shape index (κ2) is 9.03. The van der Waals surface area contributed by atoms with Gasteiger partial charge in [-0.05, 0) is 43.9 Å². The van der Waals surface area contributed by atoms with E-state index in [0.717, 1.165) is 12.3 Å². The molecule has 0 aliphatic heterocycles. The van der Waals surface area contributed by atoms with Gasteiger partial charge in [0.1, 0.15) is 5.60 Å². The van der Waals surface area contributed by atoms with Gasteiger partial charge in [-0.1, -0.05) is 79.9 Å². The van der Waals surface area contributed by atoms with Crippen LogP contribution in [-0.2, 0) is 10.3 Å². The van der Waals surface area contributed by atoms with Crippen LogP contribution in [0.1, 0.15) is 50.2 Å². The molecule has 1 saturated carbocycles. The Morgan fingerprint density at radius 2 is 1.46 bits per heavy atom. The van der Waals surface area contributed by atoms with Crippen molar-refractivity contribution in [3.05, 3.63) is 71.8 Å². The quantitative estimate of drug-likeness (QED) is 0.654. The van der Waals surface area contributed by atoms with Crippen molar-refractivity contribution in [2.24, 2.45) is 5.92 Å². The summed E-state index contributed by atoms with van der Waals surface area (Å²) < 4.78 is 6.39. The minimum atomic E-state index is -0.520. The fourth-order valence-corrected chi connectivity index (χ4v) is 4.36. The highest BCUT2D eigenvalue weighted by atomic mass is 35.5. The lowest BCUT2D eigenvalue weighted by Gasteiger charge is -2.49. The van der Waals surface area contributed by atoms with Crippen LogP contribution in [0.15, 0.2) is 60.7 Å². The zero-order valence-electron chi connectivity index (χ0n) is 16.2. The Bertz CT molecular complexity index is 617. The molecule has 2 aromatic carbocycles. The number of hydrogen-bond acceptors (Lipinski definition) is 2. The Morgan fingerprint density at radius 3 is 1.81 bits per heavy atom. The van der Waals surface area contributed by atoms with Crippen molar-refractivity contribution in [1.29, 1.82) is 0 Å². The third kappa shape index (κ3) is 3.69. The van der Waals surface area contributed by atoms with Crippen molar-refractivity contribution in [1.82, 2.24) is 5.32 Å². The Kier molecular flexibility index (Phi) is 7.28. The minimum absolute atomic E-state index is 0. The highest BCUT2D eigenvalue weighted by Crippen LogP contribution is 2.46. The van der Waals surface area contributed by atoms with Gasteiger partial charge >= 0.3 is 0 Å². The van der Waals surface area contributed by atoms with Gasteiger partial charge in [0.15, 0.2) is 0 Å². The van der Waals surface area contributed by atoms with Crippen LogP contribution in [0.2, 0.25) is 0 Å². The molecule has 1 aliphatic carbocycles. The van der Waals surface area contributed by atoms with Crippen LogP contribution >= 0.6 is 12.4 Å². The molecule has 0 saturated heterocycles. The molecule has 0 bridgehead atoms. The summed E-state index contributed by atoms with van der Waals surface area (Å²) in [4.78, 5) is 0. The van der Waals surface area contributed by atoms with Gasteiger partial charge in [-0.2, -0.15) is 0 Å². The Hall–Kier alpha value is -1.35. The zero-order chi connectivity index (χ0) is 17.8. The molecule has 1 unspecified atom stereocenters. The van der Waals surface area contributed by atoms with Gasteiger partial charge in [0, 0.05) is 7.11 Å². The number of methoxy groups -OCH3 is 1. The van der Waals surface area contributed by atoms with Crippen molar-refractivity contribution in [2.75, 3.05) is 14.2 Å². The molecule has 1 fully saturated rings. The first-order chi connectivity index (χ1) is 12.2. The van der Waals surface area contributed by atoms with Crippen molar-refractivity contribution < 1.29 is 4.74 Å². The predicted molar refractivity (Wildman–Crippen MR) is 112 cm³/mol. The van der Waals surface area contributed by atoms with E-state index < -0.39 is 5.60 Å². The second-order valence-corrected chi connectivity index (χ2v) is 7.54. The number of halogens is 1. The summed E-state index contributed by atoms with van der Waals surface area (Å²) in [6.07, 6.45) is 6.51. The SMILES string of the molecule is CNC(C)(CCC1CCC1)C(OC)(c1ccccc1)c1ccccc1.Cl. The van der Waals surface area contributed by atoms with Crippen LogP contribution in [0.4, 0.5) is 0 Å². The van der Waals surface area contributed by atoms with Gasteiger partial charge in [0.25, 0.3) is 0 Å². The molecule has 26 heavy (non-hydrogen) atoms. The monoisotopic (exact) mass is 373 g/mol. The number of nitrogens with one attached hydrogen (secondary N) is 1. The first-order valence-corrected chi connectivity index (χ1v) is 9.51. The molecule has 1 N–H and O–H groups in total. The van der Waals surface area contributed by atoms with Crippen molar-refractivity contribution in [2.45, 2.75) is 50.2 Å². The van der Waals surface area contributed by atoms with Gasteiger partial charge in [0.05, 0.1) is 5.54 Å². The molecule has 0 aromatic heterocycles. The standard InChI is InChI=1S/C23H31NO.ClH/c1-22(24-2,18-17-19-11-10-12-19)23(25-3,20-13-6-4-7-14-20)21-15-8-5-9-16-21;/h4-9,13-16,19,24H,10-12,17-18H2,1-3H3;1H. The van der Waals surface area contributed by atoms with Gasteiger partial charge in [0.2, 0.25) is 0 Å². The summed E-state index contributed by atoms with van der Waals surface area (Å²) in [7, 11) is 3.92. The fourth-order valence-electron chi connectivity index (χ4n) is 4.36. The molecule has 0 spiro atoms. The molecule has 3 heteroatoms. The summed E-state index contributed by atoms with van der Waals surface area (Å²) in [5, 5.41) is 3.65. The predicted octanol–water partition coefficient (Wildman–Crippen LogP) is 5.56. The lowest BCUT2D eigenvalue weighted by atomic mass is 9.67. The first-order valence-electron chi connectivity index (χ1n) is 9.51. The number of rotatable bonds is 8. The normalized spacial score (nSPS) is 17.0. The third-order valence-electron chi connectivity index (χ3n) is 6.27. The van der Waals surface area contributed by atoms with E-state index in [1.807, 2.05) is 7.11 Å². The van der Waals surface area contributed by atoms with Crippen LogP contribution in [0.25, 0.3) is 0 Å². The maximum Gasteiger partial charge on any atom is 0.135 e. The van der Waals surface area contributed by atoms with Crippen LogP contribution in [0.3, 0.4) is 0 Å². The maximum absolute atomic E-state index is 6.39.